The Morgan fingerprint density at radius 3 is 1.84 bits per heavy atom. The van der Waals surface area contributed by atoms with Crippen LogP contribution in [0, 0.1) is 0 Å². The molecule has 0 radical (unpaired) electrons. The molecule has 0 amide bonds. The summed E-state index contributed by atoms with van der Waals surface area (Å²) in [5.41, 5.74) is -2.19. The molecule has 3 aromatic rings. The molecule has 0 bridgehead atoms. The van der Waals surface area contributed by atoms with Gasteiger partial charge in [0, 0.05) is 11.1 Å². The van der Waals surface area contributed by atoms with Crippen LogP contribution in [-0.4, -0.2) is 4.98 Å². The van der Waals surface area contributed by atoms with Crippen LogP contribution in [-0.2, 0) is 12.4 Å². The smallest absolute Gasteiger partial charge is 0.255 e. The SMILES string of the molecule is FC(F)(F)c1cc(-c2ccc(-c3ccccn3)s2)cc(C(F)(F)F)c1. The van der Waals surface area contributed by atoms with Crippen molar-refractivity contribution in [3.63, 3.8) is 0 Å². The normalized spacial score (nSPS) is 12.4. The first-order chi connectivity index (χ1) is 11.6. The first-order valence-electron chi connectivity index (χ1n) is 6.96. The summed E-state index contributed by atoms with van der Waals surface area (Å²) >= 11 is 1.08. The summed E-state index contributed by atoms with van der Waals surface area (Å²) < 4.78 is 77.7. The van der Waals surface area contributed by atoms with Gasteiger partial charge in [-0.1, -0.05) is 6.07 Å². The van der Waals surface area contributed by atoms with Gasteiger partial charge in [0.1, 0.15) is 0 Å². The van der Waals surface area contributed by atoms with Crippen molar-refractivity contribution in [3.05, 3.63) is 65.9 Å². The molecule has 3 rings (SSSR count). The first kappa shape index (κ1) is 17.5. The molecular weight excluding hydrogens is 364 g/mol. The zero-order valence-corrected chi connectivity index (χ0v) is 13.1. The number of pyridine rings is 1. The number of rotatable bonds is 2. The first-order valence-corrected chi connectivity index (χ1v) is 7.77. The molecule has 1 aromatic carbocycles. The molecule has 8 heteroatoms. The quantitative estimate of drug-likeness (QED) is 0.466. The summed E-state index contributed by atoms with van der Waals surface area (Å²) in [6, 6.07) is 9.85. The molecule has 0 unspecified atom stereocenters. The number of nitrogens with zero attached hydrogens (tertiary/aromatic N) is 1. The fraction of sp³-hybridized carbons (Fsp3) is 0.118. The van der Waals surface area contributed by atoms with Crippen molar-refractivity contribution >= 4 is 11.3 Å². The van der Waals surface area contributed by atoms with Crippen molar-refractivity contribution in [1.82, 2.24) is 4.98 Å². The summed E-state index contributed by atoms with van der Waals surface area (Å²) in [6.07, 6.45) is -8.17. The Kier molecular flexibility index (Phi) is 4.32. The van der Waals surface area contributed by atoms with Gasteiger partial charge in [0.25, 0.3) is 0 Å². The predicted octanol–water partition coefficient (Wildman–Crippen LogP) is 6.51. The maximum atomic E-state index is 12.9. The van der Waals surface area contributed by atoms with Crippen LogP contribution in [0.4, 0.5) is 26.3 Å². The van der Waals surface area contributed by atoms with E-state index in [1.54, 1.807) is 30.5 Å². The van der Waals surface area contributed by atoms with Crippen LogP contribution in [0.3, 0.4) is 0 Å². The molecule has 130 valence electrons. The summed E-state index contributed by atoms with van der Waals surface area (Å²) in [7, 11) is 0. The van der Waals surface area contributed by atoms with E-state index >= 15 is 0 Å². The number of alkyl halides is 6. The molecule has 0 aliphatic rings. The molecule has 25 heavy (non-hydrogen) atoms. The van der Waals surface area contributed by atoms with Gasteiger partial charge in [0.15, 0.2) is 0 Å². The second kappa shape index (κ2) is 6.18. The lowest BCUT2D eigenvalue weighted by Gasteiger charge is -2.13. The third kappa shape index (κ3) is 3.84. The maximum Gasteiger partial charge on any atom is 0.416 e. The van der Waals surface area contributed by atoms with Gasteiger partial charge in [0.2, 0.25) is 0 Å². The fourth-order valence-corrected chi connectivity index (χ4v) is 3.21. The van der Waals surface area contributed by atoms with Gasteiger partial charge in [-0.05, 0) is 48.0 Å². The lowest BCUT2D eigenvalue weighted by atomic mass is 10.0. The van der Waals surface area contributed by atoms with Crippen LogP contribution in [0.5, 0.6) is 0 Å². The summed E-state index contributed by atoms with van der Waals surface area (Å²) in [5, 5.41) is 0. The minimum absolute atomic E-state index is 0.122. The van der Waals surface area contributed by atoms with E-state index in [0.29, 0.717) is 15.4 Å². The monoisotopic (exact) mass is 373 g/mol. The van der Waals surface area contributed by atoms with Crippen molar-refractivity contribution in [2.75, 3.05) is 0 Å². The van der Waals surface area contributed by atoms with Gasteiger partial charge in [-0.25, -0.2) is 0 Å². The van der Waals surface area contributed by atoms with E-state index in [0.717, 1.165) is 23.5 Å². The average molecular weight is 373 g/mol. The molecule has 0 fully saturated rings. The molecular formula is C17H9F6NS. The van der Waals surface area contributed by atoms with Crippen LogP contribution in [0.1, 0.15) is 11.1 Å². The minimum atomic E-state index is -4.86. The largest absolute Gasteiger partial charge is 0.416 e. The Hall–Kier alpha value is -2.35. The highest BCUT2D eigenvalue weighted by molar-refractivity contribution is 7.18. The van der Waals surface area contributed by atoms with Crippen molar-refractivity contribution in [3.8, 4) is 21.0 Å². The Balaban J connectivity index is 2.09. The fourth-order valence-electron chi connectivity index (χ4n) is 2.24. The molecule has 0 aliphatic carbocycles. The molecule has 0 saturated carbocycles. The Morgan fingerprint density at radius 1 is 0.720 bits per heavy atom. The van der Waals surface area contributed by atoms with Crippen LogP contribution < -0.4 is 0 Å². The van der Waals surface area contributed by atoms with Crippen LogP contribution >= 0.6 is 11.3 Å². The number of hydrogen-bond acceptors (Lipinski definition) is 2. The van der Waals surface area contributed by atoms with Gasteiger partial charge in [-0.3, -0.25) is 4.98 Å². The topological polar surface area (TPSA) is 12.9 Å². The van der Waals surface area contributed by atoms with Crippen molar-refractivity contribution in [2.24, 2.45) is 0 Å². The van der Waals surface area contributed by atoms with Crippen LogP contribution in [0.25, 0.3) is 21.0 Å². The third-order valence-corrected chi connectivity index (χ3v) is 4.55. The van der Waals surface area contributed by atoms with E-state index in [9.17, 15) is 26.3 Å². The van der Waals surface area contributed by atoms with E-state index in [1.807, 2.05) is 0 Å². The standard InChI is InChI=1S/C17H9F6NS/c18-16(19,20)11-7-10(8-12(9-11)17(21,22)23)14-4-5-15(25-14)13-3-1-2-6-24-13/h1-9H. The van der Waals surface area contributed by atoms with Gasteiger partial charge in [-0.15, -0.1) is 11.3 Å². The Bertz CT molecular complexity index is 848. The van der Waals surface area contributed by atoms with Gasteiger partial charge in [0.05, 0.1) is 21.7 Å². The Labute approximate surface area is 142 Å². The van der Waals surface area contributed by atoms with E-state index in [2.05, 4.69) is 4.98 Å². The van der Waals surface area contributed by atoms with Crippen molar-refractivity contribution < 1.29 is 26.3 Å². The highest BCUT2D eigenvalue weighted by Crippen LogP contribution is 2.41. The van der Waals surface area contributed by atoms with Crippen LogP contribution in [0.15, 0.2) is 54.7 Å². The summed E-state index contributed by atoms with van der Waals surface area (Å²) in [5.74, 6) is 0. The molecule has 0 saturated heterocycles. The molecule has 0 N–H and O–H groups in total. The summed E-state index contributed by atoms with van der Waals surface area (Å²) in [6.45, 7) is 0. The molecule has 0 atom stereocenters. The van der Waals surface area contributed by atoms with Gasteiger partial charge < -0.3 is 0 Å². The highest BCUT2D eigenvalue weighted by atomic mass is 32.1. The lowest BCUT2D eigenvalue weighted by Crippen LogP contribution is -2.10. The van der Waals surface area contributed by atoms with Crippen molar-refractivity contribution in [1.29, 1.82) is 0 Å². The molecule has 2 heterocycles. The molecule has 2 aromatic heterocycles. The third-order valence-electron chi connectivity index (χ3n) is 3.40. The molecule has 0 aliphatic heterocycles. The Morgan fingerprint density at radius 2 is 1.32 bits per heavy atom. The van der Waals surface area contributed by atoms with E-state index in [-0.39, 0.29) is 11.6 Å². The zero-order valence-electron chi connectivity index (χ0n) is 12.3. The average Bonchev–Trinajstić information content (AvgIpc) is 3.04. The number of hydrogen-bond donors (Lipinski definition) is 0. The number of halogens is 6. The predicted molar refractivity (Wildman–Crippen MR) is 83.0 cm³/mol. The molecule has 0 spiro atoms. The second-order valence-electron chi connectivity index (χ2n) is 5.17. The lowest BCUT2D eigenvalue weighted by molar-refractivity contribution is -0.143. The minimum Gasteiger partial charge on any atom is -0.255 e. The summed E-state index contributed by atoms with van der Waals surface area (Å²) in [4.78, 5) is 5.08. The molecule has 1 nitrogen and oxygen atoms in total. The highest BCUT2D eigenvalue weighted by Gasteiger charge is 2.37. The van der Waals surface area contributed by atoms with Crippen molar-refractivity contribution in [2.45, 2.75) is 12.4 Å². The van der Waals surface area contributed by atoms with Gasteiger partial charge in [-0.2, -0.15) is 26.3 Å². The van der Waals surface area contributed by atoms with Crippen LogP contribution in [0.2, 0.25) is 0 Å². The van der Waals surface area contributed by atoms with Gasteiger partial charge >= 0.3 is 12.4 Å². The second-order valence-corrected chi connectivity index (χ2v) is 6.26. The number of aromatic nitrogens is 1. The zero-order chi connectivity index (χ0) is 18.2. The van der Waals surface area contributed by atoms with E-state index < -0.39 is 23.5 Å². The van der Waals surface area contributed by atoms with E-state index in [1.165, 1.54) is 6.07 Å². The number of benzene rings is 1. The number of thiophene rings is 1. The van der Waals surface area contributed by atoms with E-state index in [4.69, 9.17) is 0 Å². The maximum absolute atomic E-state index is 12.9.